The number of nitrogens with zero attached hydrogens (tertiary/aromatic N) is 1. The van der Waals surface area contributed by atoms with Crippen LogP contribution >= 0.6 is 0 Å². The molecule has 1 heterocycles. The van der Waals surface area contributed by atoms with Gasteiger partial charge < -0.3 is 4.74 Å². The van der Waals surface area contributed by atoms with Crippen LogP contribution in [-0.4, -0.2) is 16.9 Å². The summed E-state index contributed by atoms with van der Waals surface area (Å²) >= 11 is 0. The largest absolute Gasteiger partial charge is 0.489 e. The Morgan fingerprint density at radius 3 is 2.70 bits per heavy atom. The molecule has 0 aliphatic rings. The first-order chi connectivity index (χ1) is 9.49. The zero-order valence-electron chi connectivity index (χ0n) is 11.1. The summed E-state index contributed by atoms with van der Waals surface area (Å²) in [7, 11) is 0. The highest BCUT2D eigenvalue weighted by Gasteiger charge is 2.17. The van der Waals surface area contributed by atoms with Crippen LogP contribution < -0.4 is 4.74 Å². The molecule has 0 bridgehead atoms. The standard InChI is InChI=1S/C15H13F2NO2/c1-9(2)20-11-6-10(7-18-8-11)15(19)12-4-3-5-13(16)14(12)17/h3-9H,1-2H3. The molecular formula is C15H13F2NO2. The van der Waals surface area contributed by atoms with E-state index in [9.17, 15) is 13.6 Å². The normalized spacial score (nSPS) is 10.7. The summed E-state index contributed by atoms with van der Waals surface area (Å²) in [6, 6.07) is 4.94. The van der Waals surface area contributed by atoms with Crippen molar-refractivity contribution in [3.63, 3.8) is 0 Å². The fraction of sp³-hybridized carbons (Fsp3) is 0.200. The molecule has 2 aromatic rings. The lowest BCUT2D eigenvalue weighted by atomic mass is 10.0. The molecule has 0 N–H and O–H groups in total. The minimum atomic E-state index is -1.16. The quantitative estimate of drug-likeness (QED) is 0.804. The second-order valence-corrected chi connectivity index (χ2v) is 4.51. The number of ether oxygens (including phenoxy) is 1. The van der Waals surface area contributed by atoms with Gasteiger partial charge in [-0.3, -0.25) is 9.78 Å². The monoisotopic (exact) mass is 277 g/mol. The predicted molar refractivity (Wildman–Crippen MR) is 69.8 cm³/mol. The number of hydrogen-bond donors (Lipinski definition) is 0. The summed E-state index contributed by atoms with van der Waals surface area (Å²) in [5, 5.41) is 0. The molecular weight excluding hydrogens is 264 g/mol. The lowest BCUT2D eigenvalue weighted by Gasteiger charge is -2.10. The van der Waals surface area contributed by atoms with Crippen molar-refractivity contribution >= 4 is 5.78 Å². The van der Waals surface area contributed by atoms with Crippen LogP contribution in [0.15, 0.2) is 36.7 Å². The number of ketones is 1. The third-order valence-corrected chi connectivity index (χ3v) is 2.54. The van der Waals surface area contributed by atoms with Gasteiger partial charge in [-0.25, -0.2) is 8.78 Å². The van der Waals surface area contributed by atoms with E-state index in [-0.39, 0.29) is 17.2 Å². The van der Waals surface area contributed by atoms with Gasteiger partial charge in [0, 0.05) is 11.8 Å². The van der Waals surface area contributed by atoms with E-state index in [1.807, 2.05) is 13.8 Å². The van der Waals surface area contributed by atoms with E-state index in [4.69, 9.17) is 4.74 Å². The maximum atomic E-state index is 13.6. The van der Waals surface area contributed by atoms with Crippen molar-refractivity contribution in [3.05, 3.63) is 59.4 Å². The number of rotatable bonds is 4. The van der Waals surface area contributed by atoms with E-state index in [0.717, 1.165) is 6.07 Å². The SMILES string of the molecule is CC(C)Oc1cncc(C(=O)c2cccc(F)c2F)c1. The third-order valence-electron chi connectivity index (χ3n) is 2.54. The Morgan fingerprint density at radius 2 is 2.00 bits per heavy atom. The second-order valence-electron chi connectivity index (χ2n) is 4.51. The van der Waals surface area contributed by atoms with Gasteiger partial charge in [-0.1, -0.05) is 6.07 Å². The van der Waals surface area contributed by atoms with Crippen LogP contribution in [0, 0.1) is 11.6 Å². The molecule has 1 aromatic heterocycles. The summed E-state index contributed by atoms with van der Waals surface area (Å²) in [5.41, 5.74) is -0.179. The molecule has 2 rings (SSSR count). The molecule has 0 aliphatic heterocycles. The Balaban J connectivity index is 2.36. The molecule has 0 spiro atoms. The van der Waals surface area contributed by atoms with Crippen molar-refractivity contribution in [2.24, 2.45) is 0 Å². The molecule has 3 nitrogen and oxygen atoms in total. The second kappa shape index (κ2) is 5.77. The van der Waals surface area contributed by atoms with Crippen molar-refractivity contribution in [3.8, 4) is 5.75 Å². The molecule has 0 unspecified atom stereocenters. The van der Waals surface area contributed by atoms with Crippen LogP contribution in [0.5, 0.6) is 5.75 Å². The van der Waals surface area contributed by atoms with Gasteiger partial charge in [0.2, 0.25) is 0 Å². The molecule has 0 aliphatic carbocycles. The molecule has 0 saturated heterocycles. The van der Waals surface area contributed by atoms with Gasteiger partial charge in [0.25, 0.3) is 0 Å². The molecule has 1 aromatic carbocycles. The van der Waals surface area contributed by atoms with E-state index >= 15 is 0 Å². The van der Waals surface area contributed by atoms with Crippen molar-refractivity contribution in [1.82, 2.24) is 4.98 Å². The topological polar surface area (TPSA) is 39.2 Å². The summed E-state index contributed by atoms with van der Waals surface area (Å²) in [5.74, 6) is -2.45. The molecule has 0 fully saturated rings. The summed E-state index contributed by atoms with van der Waals surface area (Å²) in [4.78, 5) is 16.0. The van der Waals surface area contributed by atoms with Crippen LogP contribution in [0.25, 0.3) is 0 Å². The van der Waals surface area contributed by atoms with Crippen LogP contribution in [-0.2, 0) is 0 Å². The third kappa shape index (κ3) is 2.99. The van der Waals surface area contributed by atoms with Gasteiger partial charge in [0.1, 0.15) is 5.75 Å². The van der Waals surface area contributed by atoms with E-state index in [1.165, 1.54) is 30.6 Å². The van der Waals surface area contributed by atoms with Crippen LogP contribution in [0.3, 0.4) is 0 Å². The van der Waals surface area contributed by atoms with Crippen molar-refractivity contribution in [1.29, 1.82) is 0 Å². The smallest absolute Gasteiger partial charge is 0.197 e. The lowest BCUT2D eigenvalue weighted by Crippen LogP contribution is -2.09. The minimum absolute atomic E-state index is 0.0759. The summed E-state index contributed by atoms with van der Waals surface area (Å²) < 4.78 is 32.2. The van der Waals surface area contributed by atoms with E-state index in [0.29, 0.717) is 5.75 Å². The highest BCUT2D eigenvalue weighted by molar-refractivity contribution is 6.09. The Hall–Kier alpha value is -2.30. The van der Waals surface area contributed by atoms with Gasteiger partial charge in [0.05, 0.1) is 17.9 Å². The lowest BCUT2D eigenvalue weighted by molar-refractivity contribution is 0.103. The number of aromatic nitrogens is 1. The van der Waals surface area contributed by atoms with Crippen LogP contribution in [0.1, 0.15) is 29.8 Å². The first-order valence-corrected chi connectivity index (χ1v) is 6.09. The average molecular weight is 277 g/mol. The highest BCUT2D eigenvalue weighted by atomic mass is 19.2. The Morgan fingerprint density at radius 1 is 1.25 bits per heavy atom. The van der Waals surface area contributed by atoms with Crippen LogP contribution in [0.2, 0.25) is 0 Å². The Kier molecular flexibility index (Phi) is 4.08. The summed E-state index contributed by atoms with van der Waals surface area (Å²) in [6.45, 7) is 3.67. The molecule has 0 radical (unpaired) electrons. The number of benzene rings is 1. The predicted octanol–water partition coefficient (Wildman–Crippen LogP) is 3.38. The van der Waals surface area contributed by atoms with Crippen LogP contribution in [0.4, 0.5) is 8.78 Å². The molecule has 0 saturated carbocycles. The van der Waals surface area contributed by atoms with Crippen molar-refractivity contribution in [2.45, 2.75) is 20.0 Å². The fourth-order valence-electron chi connectivity index (χ4n) is 1.71. The van der Waals surface area contributed by atoms with Gasteiger partial charge in [0.15, 0.2) is 17.4 Å². The van der Waals surface area contributed by atoms with Crippen molar-refractivity contribution < 1.29 is 18.3 Å². The van der Waals surface area contributed by atoms with E-state index in [2.05, 4.69) is 4.98 Å². The maximum absolute atomic E-state index is 13.6. The van der Waals surface area contributed by atoms with E-state index < -0.39 is 17.4 Å². The maximum Gasteiger partial charge on any atom is 0.197 e. The fourth-order valence-corrected chi connectivity index (χ4v) is 1.71. The van der Waals surface area contributed by atoms with Gasteiger partial charge in [-0.2, -0.15) is 0 Å². The zero-order chi connectivity index (χ0) is 14.7. The molecule has 104 valence electrons. The number of pyridine rings is 1. The number of halogens is 2. The molecule has 0 amide bonds. The number of carbonyl (C=O) groups excluding carboxylic acids is 1. The highest BCUT2D eigenvalue weighted by Crippen LogP contribution is 2.19. The Labute approximate surface area is 115 Å². The number of hydrogen-bond acceptors (Lipinski definition) is 3. The van der Waals surface area contributed by atoms with Gasteiger partial charge in [-0.05, 0) is 32.0 Å². The first kappa shape index (κ1) is 14.1. The number of carbonyl (C=O) groups is 1. The van der Waals surface area contributed by atoms with E-state index in [1.54, 1.807) is 0 Å². The van der Waals surface area contributed by atoms with Gasteiger partial charge >= 0.3 is 0 Å². The molecule has 0 atom stereocenters. The first-order valence-electron chi connectivity index (χ1n) is 6.09. The zero-order valence-corrected chi connectivity index (χ0v) is 11.1. The molecule has 5 heteroatoms. The average Bonchev–Trinajstić information content (AvgIpc) is 2.41. The van der Waals surface area contributed by atoms with Crippen molar-refractivity contribution in [2.75, 3.05) is 0 Å². The van der Waals surface area contributed by atoms with Gasteiger partial charge in [-0.15, -0.1) is 0 Å². The minimum Gasteiger partial charge on any atom is -0.489 e. The summed E-state index contributed by atoms with van der Waals surface area (Å²) in [6.07, 6.45) is 2.67. The Bertz CT molecular complexity index is 642. The molecule has 20 heavy (non-hydrogen) atoms.